The molecule has 1 aliphatic carbocycles. The van der Waals surface area contributed by atoms with Crippen molar-refractivity contribution in [3.05, 3.63) is 0 Å². The van der Waals surface area contributed by atoms with Gasteiger partial charge in [0.05, 0.1) is 0 Å². The first kappa shape index (κ1) is 16.6. The van der Waals surface area contributed by atoms with Crippen molar-refractivity contribution < 1.29 is 0 Å². The van der Waals surface area contributed by atoms with Crippen LogP contribution in [0.15, 0.2) is 0 Å². The topological polar surface area (TPSA) is 15.3 Å². The van der Waals surface area contributed by atoms with E-state index in [9.17, 15) is 0 Å². The molecule has 0 bridgehead atoms. The Balaban J connectivity index is 2.00. The first-order valence-electron chi connectivity index (χ1n) is 8.66. The predicted octanol–water partition coefficient (Wildman–Crippen LogP) is 3.76. The first-order chi connectivity index (χ1) is 9.61. The van der Waals surface area contributed by atoms with Crippen molar-refractivity contribution >= 4 is 11.8 Å². The van der Waals surface area contributed by atoms with E-state index in [2.05, 4.69) is 42.7 Å². The van der Waals surface area contributed by atoms with Crippen molar-refractivity contribution in [1.29, 1.82) is 0 Å². The molecule has 1 heterocycles. The van der Waals surface area contributed by atoms with E-state index in [-0.39, 0.29) is 0 Å². The number of nitrogens with one attached hydrogen (secondary N) is 1. The molecule has 2 aliphatic rings. The molecular weight excluding hydrogens is 264 g/mol. The fourth-order valence-corrected chi connectivity index (χ4v) is 4.80. The molecule has 0 aromatic heterocycles. The Bertz CT molecular complexity index is 272. The van der Waals surface area contributed by atoms with Crippen LogP contribution in [-0.4, -0.2) is 48.1 Å². The average Bonchev–Trinajstić information content (AvgIpc) is 2.66. The van der Waals surface area contributed by atoms with Gasteiger partial charge < -0.3 is 5.32 Å². The number of hydrogen-bond donors (Lipinski definition) is 1. The van der Waals surface area contributed by atoms with E-state index in [1.165, 1.54) is 69.7 Å². The van der Waals surface area contributed by atoms with Crippen molar-refractivity contribution in [1.82, 2.24) is 10.2 Å². The summed E-state index contributed by atoms with van der Waals surface area (Å²) in [6.07, 6.45) is 8.66. The molecule has 1 atom stereocenters. The summed E-state index contributed by atoms with van der Waals surface area (Å²) in [6, 6.07) is 1.39. The molecule has 1 saturated carbocycles. The van der Waals surface area contributed by atoms with Gasteiger partial charge in [-0.2, -0.15) is 11.8 Å². The highest BCUT2D eigenvalue weighted by Crippen LogP contribution is 2.36. The SMILES string of the molecule is CC(C)NCC1(CN2CCSCC2C)CCCCCC1. The van der Waals surface area contributed by atoms with Gasteiger partial charge in [0.25, 0.3) is 0 Å². The quantitative estimate of drug-likeness (QED) is 0.778. The van der Waals surface area contributed by atoms with E-state index >= 15 is 0 Å². The van der Waals surface area contributed by atoms with E-state index in [1.54, 1.807) is 0 Å². The monoisotopic (exact) mass is 298 g/mol. The maximum atomic E-state index is 3.76. The summed E-state index contributed by atoms with van der Waals surface area (Å²) in [4.78, 5) is 2.78. The number of hydrogen-bond acceptors (Lipinski definition) is 3. The van der Waals surface area contributed by atoms with Crippen molar-refractivity contribution in [3.63, 3.8) is 0 Å². The minimum Gasteiger partial charge on any atom is -0.314 e. The summed E-state index contributed by atoms with van der Waals surface area (Å²) in [7, 11) is 0. The number of nitrogens with zero attached hydrogens (tertiary/aromatic N) is 1. The molecule has 0 radical (unpaired) electrons. The van der Waals surface area contributed by atoms with Crippen LogP contribution in [0.4, 0.5) is 0 Å². The van der Waals surface area contributed by atoms with E-state index in [4.69, 9.17) is 0 Å². The minimum absolute atomic E-state index is 0.539. The lowest BCUT2D eigenvalue weighted by molar-refractivity contribution is 0.106. The largest absolute Gasteiger partial charge is 0.314 e. The minimum atomic E-state index is 0.539. The highest BCUT2D eigenvalue weighted by molar-refractivity contribution is 7.99. The molecule has 3 heteroatoms. The lowest BCUT2D eigenvalue weighted by Crippen LogP contribution is -2.50. The van der Waals surface area contributed by atoms with Gasteiger partial charge in [-0.25, -0.2) is 0 Å². The molecule has 2 rings (SSSR count). The maximum Gasteiger partial charge on any atom is 0.0158 e. The van der Waals surface area contributed by atoms with Gasteiger partial charge in [-0.15, -0.1) is 0 Å². The Morgan fingerprint density at radius 3 is 2.50 bits per heavy atom. The molecule has 0 amide bonds. The van der Waals surface area contributed by atoms with Crippen LogP contribution in [-0.2, 0) is 0 Å². The van der Waals surface area contributed by atoms with E-state index in [1.807, 2.05) is 0 Å². The molecule has 1 N–H and O–H groups in total. The second-order valence-electron chi connectivity index (χ2n) is 7.34. The summed E-state index contributed by atoms with van der Waals surface area (Å²) >= 11 is 2.13. The van der Waals surface area contributed by atoms with E-state index in [0.29, 0.717) is 11.5 Å². The molecule has 1 unspecified atom stereocenters. The third kappa shape index (κ3) is 4.92. The second kappa shape index (κ2) is 8.05. The van der Waals surface area contributed by atoms with Gasteiger partial charge in [-0.3, -0.25) is 4.90 Å². The fraction of sp³-hybridized carbons (Fsp3) is 1.00. The molecular formula is C17H34N2S. The normalized spacial score (nSPS) is 28.5. The third-order valence-electron chi connectivity index (χ3n) is 5.09. The van der Waals surface area contributed by atoms with Crippen molar-refractivity contribution in [3.8, 4) is 0 Å². The molecule has 118 valence electrons. The van der Waals surface area contributed by atoms with Gasteiger partial charge in [-0.1, -0.05) is 39.5 Å². The Kier molecular flexibility index (Phi) is 6.70. The first-order valence-corrected chi connectivity index (χ1v) is 9.82. The standard InChI is InChI=1S/C17H34N2S/c1-15(2)18-13-17(8-6-4-5-7-9-17)14-19-10-11-20-12-16(19)3/h15-16,18H,4-14H2,1-3H3. The Morgan fingerprint density at radius 2 is 1.90 bits per heavy atom. The summed E-state index contributed by atoms with van der Waals surface area (Å²) in [5.41, 5.74) is 0.539. The summed E-state index contributed by atoms with van der Waals surface area (Å²) in [5, 5.41) is 3.76. The smallest absolute Gasteiger partial charge is 0.0158 e. The zero-order valence-electron chi connectivity index (χ0n) is 13.8. The molecule has 1 aliphatic heterocycles. The van der Waals surface area contributed by atoms with Crippen molar-refractivity contribution in [2.75, 3.05) is 31.1 Å². The Morgan fingerprint density at radius 1 is 1.20 bits per heavy atom. The lowest BCUT2D eigenvalue weighted by atomic mass is 9.79. The van der Waals surface area contributed by atoms with Crippen LogP contribution in [0.1, 0.15) is 59.3 Å². The van der Waals surface area contributed by atoms with Crippen molar-refractivity contribution in [2.45, 2.75) is 71.4 Å². The maximum absolute atomic E-state index is 3.76. The second-order valence-corrected chi connectivity index (χ2v) is 8.49. The molecule has 0 spiro atoms. The summed E-state index contributed by atoms with van der Waals surface area (Å²) in [5.74, 6) is 2.66. The Labute approximate surface area is 130 Å². The van der Waals surface area contributed by atoms with Crippen LogP contribution in [0.2, 0.25) is 0 Å². The lowest BCUT2D eigenvalue weighted by Gasteiger charge is -2.43. The molecule has 1 saturated heterocycles. The predicted molar refractivity (Wildman–Crippen MR) is 91.6 cm³/mol. The third-order valence-corrected chi connectivity index (χ3v) is 6.28. The van der Waals surface area contributed by atoms with Gasteiger partial charge in [0.15, 0.2) is 0 Å². The zero-order valence-corrected chi connectivity index (χ0v) is 14.6. The average molecular weight is 299 g/mol. The molecule has 2 fully saturated rings. The summed E-state index contributed by atoms with van der Waals surface area (Å²) < 4.78 is 0. The van der Waals surface area contributed by atoms with Crippen LogP contribution in [0.3, 0.4) is 0 Å². The van der Waals surface area contributed by atoms with Crippen LogP contribution >= 0.6 is 11.8 Å². The number of rotatable bonds is 5. The summed E-state index contributed by atoms with van der Waals surface area (Å²) in [6.45, 7) is 10.8. The Hall–Kier alpha value is 0.270. The van der Waals surface area contributed by atoms with E-state index < -0.39 is 0 Å². The van der Waals surface area contributed by atoms with Crippen molar-refractivity contribution in [2.24, 2.45) is 5.41 Å². The fourth-order valence-electron chi connectivity index (χ4n) is 3.72. The van der Waals surface area contributed by atoms with Gasteiger partial charge in [0.1, 0.15) is 0 Å². The zero-order chi connectivity index (χ0) is 14.4. The highest BCUT2D eigenvalue weighted by atomic mass is 32.2. The number of thioether (sulfide) groups is 1. The van der Waals surface area contributed by atoms with Gasteiger partial charge in [0, 0.05) is 43.2 Å². The van der Waals surface area contributed by atoms with Crippen LogP contribution < -0.4 is 5.32 Å². The van der Waals surface area contributed by atoms with Gasteiger partial charge >= 0.3 is 0 Å². The van der Waals surface area contributed by atoms with Crippen LogP contribution in [0.25, 0.3) is 0 Å². The molecule has 0 aromatic carbocycles. The van der Waals surface area contributed by atoms with Crippen LogP contribution in [0.5, 0.6) is 0 Å². The molecule has 20 heavy (non-hydrogen) atoms. The van der Waals surface area contributed by atoms with Gasteiger partial charge in [-0.05, 0) is 25.2 Å². The van der Waals surface area contributed by atoms with E-state index in [0.717, 1.165) is 6.04 Å². The molecule has 2 nitrogen and oxygen atoms in total. The highest BCUT2D eigenvalue weighted by Gasteiger charge is 2.34. The van der Waals surface area contributed by atoms with Crippen LogP contribution in [0, 0.1) is 5.41 Å². The molecule has 0 aromatic rings. The van der Waals surface area contributed by atoms with Gasteiger partial charge in [0.2, 0.25) is 0 Å².